The molecule has 26 heavy (non-hydrogen) atoms. The van der Waals surface area contributed by atoms with Gasteiger partial charge in [0, 0.05) is 11.5 Å². The van der Waals surface area contributed by atoms with Crippen LogP contribution in [-0.2, 0) is 0 Å². The molecule has 130 valence electrons. The predicted octanol–water partition coefficient (Wildman–Crippen LogP) is 3.36. The van der Waals surface area contributed by atoms with Crippen LogP contribution < -0.4 is 14.4 Å². The molecule has 1 aliphatic rings. The quantitative estimate of drug-likeness (QED) is 0.679. The number of carbonyl (C=O) groups excluding carboxylic acids is 2. The molecule has 1 aliphatic heterocycles. The van der Waals surface area contributed by atoms with E-state index in [2.05, 4.69) is 4.98 Å². The van der Waals surface area contributed by atoms with E-state index in [1.807, 2.05) is 24.3 Å². The molecule has 0 N–H and O–H groups in total. The van der Waals surface area contributed by atoms with Crippen molar-refractivity contribution in [2.75, 3.05) is 19.1 Å². The normalized spacial score (nSPS) is 13.3. The minimum Gasteiger partial charge on any atom is -0.493 e. The van der Waals surface area contributed by atoms with Gasteiger partial charge in [-0.2, -0.15) is 0 Å². The molecule has 0 saturated carbocycles. The number of amides is 2. The van der Waals surface area contributed by atoms with Gasteiger partial charge in [-0.25, -0.2) is 4.90 Å². The lowest BCUT2D eigenvalue weighted by atomic mass is 10.0. The van der Waals surface area contributed by atoms with E-state index in [0.29, 0.717) is 44.9 Å². The molecule has 1 aromatic heterocycles. The molecule has 4 rings (SSSR count). The zero-order valence-electron chi connectivity index (χ0n) is 14.6. The van der Waals surface area contributed by atoms with Gasteiger partial charge in [-0.15, -0.1) is 0 Å². The molecule has 0 spiro atoms. The number of hydrogen-bond acceptors (Lipinski definition) is 5. The second-order valence-corrected chi connectivity index (χ2v) is 5.95. The lowest BCUT2D eigenvalue weighted by Crippen LogP contribution is -2.29. The molecule has 6 heteroatoms. The Labute approximate surface area is 150 Å². The number of imide groups is 1. The zero-order chi connectivity index (χ0) is 18.4. The van der Waals surface area contributed by atoms with E-state index in [1.54, 1.807) is 25.1 Å². The lowest BCUT2D eigenvalue weighted by Gasteiger charge is -2.16. The summed E-state index contributed by atoms with van der Waals surface area (Å²) in [6.45, 7) is 1.74. The van der Waals surface area contributed by atoms with Crippen molar-refractivity contribution in [1.29, 1.82) is 0 Å². The largest absolute Gasteiger partial charge is 0.493 e. The number of aromatic nitrogens is 1. The third-order valence-corrected chi connectivity index (χ3v) is 4.53. The van der Waals surface area contributed by atoms with Gasteiger partial charge in [0.15, 0.2) is 11.5 Å². The van der Waals surface area contributed by atoms with Crippen molar-refractivity contribution in [1.82, 2.24) is 4.98 Å². The molecule has 0 bridgehead atoms. The fraction of sp³-hybridized carbons (Fsp3) is 0.150. The van der Waals surface area contributed by atoms with Crippen LogP contribution in [-0.4, -0.2) is 31.0 Å². The molecular formula is C20H16N2O4. The smallest absolute Gasteiger partial charge is 0.268 e. The molecule has 0 unspecified atom stereocenters. The summed E-state index contributed by atoms with van der Waals surface area (Å²) >= 11 is 0. The highest BCUT2D eigenvalue weighted by atomic mass is 16.5. The van der Waals surface area contributed by atoms with Crippen molar-refractivity contribution in [3.8, 4) is 11.5 Å². The molecule has 3 aromatic rings. The van der Waals surface area contributed by atoms with E-state index >= 15 is 0 Å². The topological polar surface area (TPSA) is 68.7 Å². The number of rotatable bonds is 3. The Morgan fingerprint density at radius 2 is 1.58 bits per heavy atom. The van der Waals surface area contributed by atoms with Gasteiger partial charge in [0.25, 0.3) is 11.8 Å². The molecule has 2 aromatic carbocycles. The first-order valence-corrected chi connectivity index (χ1v) is 8.07. The van der Waals surface area contributed by atoms with E-state index in [0.717, 1.165) is 4.90 Å². The van der Waals surface area contributed by atoms with Gasteiger partial charge in [0.05, 0.1) is 42.2 Å². The van der Waals surface area contributed by atoms with Gasteiger partial charge in [-0.05, 0) is 25.1 Å². The molecular weight excluding hydrogens is 332 g/mol. The number of para-hydroxylation sites is 1. The van der Waals surface area contributed by atoms with Crippen LogP contribution in [0.1, 0.15) is 26.4 Å². The minimum atomic E-state index is -0.382. The van der Waals surface area contributed by atoms with E-state index in [-0.39, 0.29) is 11.8 Å². The molecule has 0 atom stereocenters. The van der Waals surface area contributed by atoms with Crippen molar-refractivity contribution < 1.29 is 19.1 Å². The first-order valence-electron chi connectivity index (χ1n) is 8.07. The summed E-state index contributed by atoms with van der Waals surface area (Å²) in [5.74, 6) is 0.226. The van der Waals surface area contributed by atoms with Crippen molar-refractivity contribution >= 4 is 28.4 Å². The number of hydrogen-bond donors (Lipinski definition) is 0. The lowest BCUT2D eigenvalue weighted by molar-refractivity contribution is 0.0926. The van der Waals surface area contributed by atoms with Crippen molar-refractivity contribution in [3.63, 3.8) is 0 Å². The Bertz CT molecular complexity index is 1070. The van der Waals surface area contributed by atoms with Crippen LogP contribution in [0, 0.1) is 6.92 Å². The monoisotopic (exact) mass is 348 g/mol. The Morgan fingerprint density at radius 3 is 2.31 bits per heavy atom. The average Bonchev–Trinajstić information content (AvgIpc) is 2.93. The van der Waals surface area contributed by atoms with Crippen LogP contribution in [0.5, 0.6) is 11.5 Å². The van der Waals surface area contributed by atoms with Gasteiger partial charge in [-0.1, -0.05) is 18.2 Å². The molecule has 2 heterocycles. The standard InChI is InChI=1S/C20H16N2O4/c1-11-17-18(13-6-4-5-7-14(13)21-11)20(24)22(19(17)23)12-8-9-15(25-2)16(10-12)26-3/h4-10H,1-3H3. The summed E-state index contributed by atoms with van der Waals surface area (Å²) in [5, 5.41) is 0.675. The number of carbonyl (C=O) groups is 2. The molecule has 6 nitrogen and oxygen atoms in total. The highest BCUT2D eigenvalue weighted by Crippen LogP contribution is 2.37. The number of anilines is 1. The predicted molar refractivity (Wildman–Crippen MR) is 97.2 cm³/mol. The fourth-order valence-corrected chi connectivity index (χ4v) is 3.33. The van der Waals surface area contributed by atoms with E-state index in [1.165, 1.54) is 14.2 Å². The summed E-state index contributed by atoms with van der Waals surface area (Å²) in [5.41, 5.74) is 2.41. The third-order valence-electron chi connectivity index (χ3n) is 4.53. The fourth-order valence-electron chi connectivity index (χ4n) is 3.33. The Kier molecular flexibility index (Phi) is 3.61. The summed E-state index contributed by atoms with van der Waals surface area (Å²) < 4.78 is 10.5. The Morgan fingerprint density at radius 1 is 0.885 bits per heavy atom. The first kappa shape index (κ1) is 16.1. The number of benzene rings is 2. The SMILES string of the molecule is COc1ccc(N2C(=O)c3c(C)nc4ccccc4c3C2=O)cc1OC. The van der Waals surface area contributed by atoms with E-state index in [4.69, 9.17) is 9.47 Å². The number of methoxy groups -OCH3 is 2. The number of ether oxygens (including phenoxy) is 2. The second kappa shape index (κ2) is 5.84. The maximum Gasteiger partial charge on any atom is 0.268 e. The van der Waals surface area contributed by atoms with E-state index < -0.39 is 0 Å². The number of fused-ring (bicyclic) bond motifs is 3. The first-order chi connectivity index (χ1) is 12.6. The number of nitrogens with zero attached hydrogens (tertiary/aromatic N) is 2. The Balaban J connectivity index is 1.91. The maximum atomic E-state index is 13.1. The summed E-state index contributed by atoms with van der Waals surface area (Å²) in [6.07, 6.45) is 0. The van der Waals surface area contributed by atoms with Gasteiger partial charge >= 0.3 is 0 Å². The van der Waals surface area contributed by atoms with Crippen LogP contribution in [0.2, 0.25) is 0 Å². The molecule has 0 fully saturated rings. The van der Waals surface area contributed by atoms with E-state index in [9.17, 15) is 9.59 Å². The number of pyridine rings is 1. The van der Waals surface area contributed by atoms with Crippen LogP contribution in [0.3, 0.4) is 0 Å². The van der Waals surface area contributed by atoms with Crippen LogP contribution >= 0.6 is 0 Å². The van der Waals surface area contributed by atoms with Crippen molar-refractivity contribution in [2.24, 2.45) is 0 Å². The highest BCUT2D eigenvalue weighted by molar-refractivity contribution is 6.37. The van der Waals surface area contributed by atoms with Gasteiger partial charge in [-0.3, -0.25) is 14.6 Å². The second-order valence-electron chi connectivity index (χ2n) is 5.95. The highest BCUT2D eigenvalue weighted by Gasteiger charge is 2.40. The van der Waals surface area contributed by atoms with Crippen molar-refractivity contribution in [2.45, 2.75) is 6.92 Å². The summed E-state index contributed by atoms with van der Waals surface area (Å²) in [6, 6.07) is 12.3. The molecule has 0 radical (unpaired) electrons. The maximum absolute atomic E-state index is 13.1. The zero-order valence-corrected chi connectivity index (χ0v) is 14.6. The van der Waals surface area contributed by atoms with Gasteiger partial charge in [0.1, 0.15) is 0 Å². The van der Waals surface area contributed by atoms with Crippen molar-refractivity contribution in [3.05, 3.63) is 59.3 Å². The van der Waals surface area contributed by atoms with Gasteiger partial charge in [0.2, 0.25) is 0 Å². The minimum absolute atomic E-state index is 0.350. The summed E-state index contributed by atoms with van der Waals surface area (Å²) in [4.78, 5) is 31.8. The Hall–Kier alpha value is -3.41. The summed E-state index contributed by atoms with van der Waals surface area (Å²) in [7, 11) is 3.03. The average molecular weight is 348 g/mol. The molecule has 0 aliphatic carbocycles. The van der Waals surface area contributed by atoms with Crippen LogP contribution in [0.4, 0.5) is 5.69 Å². The van der Waals surface area contributed by atoms with Crippen LogP contribution in [0.15, 0.2) is 42.5 Å². The number of aryl methyl sites for hydroxylation is 1. The molecule has 0 saturated heterocycles. The van der Waals surface area contributed by atoms with Crippen LogP contribution in [0.25, 0.3) is 10.9 Å². The molecule has 2 amide bonds. The third kappa shape index (κ3) is 2.15. The van der Waals surface area contributed by atoms with Gasteiger partial charge < -0.3 is 9.47 Å².